The Labute approximate surface area is 68.6 Å². The van der Waals surface area contributed by atoms with Crippen molar-refractivity contribution in [2.45, 2.75) is 6.92 Å². The van der Waals surface area contributed by atoms with E-state index in [1.54, 1.807) is 0 Å². The first-order valence-corrected chi connectivity index (χ1v) is 2.91. The zero-order chi connectivity index (χ0) is 8.08. The first kappa shape index (κ1) is 16.5. The molecule has 0 aromatic heterocycles. The number of hydrogen-bond acceptors (Lipinski definition) is 6. The van der Waals surface area contributed by atoms with Crippen molar-refractivity contribution in [1.29, 1.82) is 0 Å². The summed E-state index contributed by atoms with van der Waals surface area (Å²) < 4.78 is 34.1. The number of rotatable bonds is 0. The Morgan fingerprint density at radius 3 is 1.30 bits per heavy atom. The number of carbonyl (C=O) groups is 1. The molecule has 0 atom stereocenters. The summed E-state index contributed by atoms with van der Waals surface area (Å²) in [7, 11) is -5.17. The fourth-order valence-corrected chi connectivity index (χ4v) is 0. The molecule has 0 aliphatic carbocycles. The van der Waals surface area contributed by atoms with Crippen LogP contribution in [0.3, 0.4) is 0 Å². The van der Waals surface area contributed by atoms with Gasteiger partial charge in [-0.2, -0.15) is 0 Å². The summed E-state index contributed by atoms with van der Waals surface area (Å²) in [5.74, 6) is -1.08. The van der Waals surface area contributed by atoms with E-state index in [1.165, 1.54) is 0 Å². The van der Waals surface area contributed by atoms with Crippen LogP contribution in [0, 0.1) is 0 Å². The molecule has 8 heteroatoms. The van der Waals surface area contributed by atoms with Gasteiger partial charge >= 0.3 is 17.4 Å². The van der Waals surface area contributed by atoms with Crippen molar-refractivity contribution >= 4 is 33.7 Å². The summed E-state index contributed by atoms with van der Waals surface area (Å²) in [4.78, 5) is 8.89. The predicted molar refractivity (Wildman–Crippen MR) is 26.9 cm³/mol. The van der Waals surface area contributed by atoms with E-state index in [-0.39, 0.29) is 17.4 Å². The van der Waals surface area contributed by atoms with Gasteiger partial charge < -0.3 is 19.0 Å². The van der Waals surface area contributed by atoms with E-state index in [1.807, 2.05) is 0 Å². The summed E-state index contributed by atoms with van der Waals surface area (Å²) in [5, 5.41) is 8.89. The number of carboxylic acid groups (broad SMARTS) is 1. The van der Waals surface area contributed by atoms with E-state index in [2.05, 4.69) is 0 Å². The number of aliphatic carboxylic acids is 1. The second kappa shape index (κ2) is 6.99. The summed E-state index contributed by atoms with van der Waals surface area (Å²) in [5.41, 5.74) is 0. The third-order valence-corrected chi connectivity index (χ3v) is 0. The fraction of sp³-hybridized carbons (Fsp3) is 0.500. The number of hydrogen-bond donors (Lipinski definition) is 0. The molecular weight excluding hydrogens is 179 g/mol. The van der Waals surface area contributed by atoms with Crippen molar-refractivity contribution < 1.29 is 27.4 Å². The van der Waals surface area contributed by atoms with Crippen LogP contribution in [-0.2, 0) is 15.2 Å². The van der Waals surface area contributed by atoms with Crippen LogP contribution in [0.5, 0.6) is 0 Å². The van der Waals surface area contributed by atoms with Gasteiger partial charge in [0.1, 0.15) is 0 Å². The Morgan fingerprint density at radius 1 is 1.30 bits per heavy atom. The van der Waals surface area contributed by atoms with Crippen molar-refractivity contribution in [1.82, 2.24) is 0 Å². The van der Waals surface area contributed by atoms with Crippen LogP contribution in [0.25, 0.3) is 0 Å². The standard InChI is InChI=1S/C2H4O2.Al.H2O4S/c1-2(3)4;;1-5(2,3)4/h1H3,(H,3,4);;(H2,1,2,3,4)/q;+3;/p-3. The summed E-state index contributed by atoms with van der Waals surface area (Å²) in [6.45, 7) is 0.972. The summed E-state index contributed by atoms with van der Waals surface area (Å²) in [6, 6.07) is 0. The molecule has 56 valence electrons. The van der Waals surface area contributed by atoms with Crippen molar-refractivity contribution in [3.8, 4) is 0 Å². The molecule has 0 amide bonds. The van der Waals surface area contributed by atoms with Crippen LogP contribution < -0.4 is 5.11 Å². The van der Waals surface area contributed by atoms with Gasteiger partial charge in [0.05, 0.1) is 0 Å². The van der Waals surface area contributed by atoms with E-state index < -0.39 is 16.4 Å². The minimum Gasteiger partial charge on any atom is -0.759 e. The van der Waals surface area contributed by atoms with Crippen molar-refractivity contribution in [3.63, 3.8) is 0 Å². The average Bonchev–Trinajstić information content (AvgIpc) is 1.19. The van der Waals surface area contributed by atoms with Crippen LogP contribution in [0.15, 0.2) is 0 Å². The van der Waals surface area contributed by atoms with Gasteiger partial charge in [0.25, 0.3) is 0 Å². The van der Waals surface area contributed by atoms with E-state index in [9.17, 15) is 0 Å². The Kier molecular flexibility index (Phi) is 11.5. The maximum absolute atomic E-state index is 8.89. The minimum absolute atomic E-state index is 0. The first-order valence-electron chi connectivity index (χ1n) is 1.57. The Hall–Kier alpha value is -0.128. The molecule has 0 saturated carbocycles. The van der Waals surface area contributed by atoms with E-state index in [0.29, 0.717) is 0 Å². The van der Waals surface area contributed by atoms with Gasteiger partial charge in [-0.3, -0.25) is 8.42 Å². The summed E-state index contributed by atoms with van der Waals surface area (Å²) in [6.07, 6.45) is 0. The normalized spacial score (nSPS) is 8.30. The number of carboxylic acids is 1. The van der Waals surface area contributed by atoms with Crippen molar-refractivity contribution in [3.05, 3.63) is 0 Å². The molecule has 0 heterocycles. The third kappa shape index (κ3) is 22900. The molecule has 0 saturated heterocycles. The Balaban J connectivity index is -0.0000000910. The van der Waals surface area contributed by atoms with Gasteiger partial charge in [0.2, 0.25) is 0 Å². The van der Waals surface area contributed by atoms with E-state index in [0.717, 1.165) is 6.92 Å². The van der Waals surface area contributed by atoms with Crippen LogP contribution in [0.1, 0.15) is 6.92 Å². The van der Waals surface area contributed by atoms with E-state index in [4.69, 9.17) is 27.4 Å². The number of carbonyl (C=O) groups excluding carboxylic acids is 1. The van der Waals surface area contributed by atoms with Gasteiger partial charge in [-0.25, -0.2) is 0 Å². The smallest absolute Gasteiger partial charge is 0.759 e. The van der Waals surface area contributed by atoms with Crippen LogP contribution in [-0.4, -0.2) is 40.9 Å². The third-order valence-electron chi connectivity index (χ3n) is 0. The van der Waals surface area contributed by atoms with E-state index >= 15 is 0 Å². The first-order chi connectivity index (χ1) is 3.73. The molecule has 0 aliphatic rings. The molecule has 0 radical (unpaired) electrons. The van der Waals surface area contributed by atoms with Gasteiger partial charge in [-0.05, 0) is 6.92 Å². The molecule has 0 N–H and O–H groups in total. The van der Waals surface area contributed by atoms with Crippen molar-refractivity contribution in [2.24, 2.45) is 0 Å². The molecule has 0 spiro atoms. The van der Waals surface area contributed by atoms with Crippen LogP contribution in [0.4, 0.5) is 0 Å². The molecule has 0 aromatic rings. The average molecular weight is 182 g/mol. The maximum Gasteiger partial charge on any atom is 3.00 e. The zero-order valence-electron chi connectivity index (χ0n) is 4.94. The van der Waals surface area contributed by atoms with Crippen molar-refractivity contribution in [2.75, 3.05) is 0 Å². The van der Waals surface area contributed by atoms with Gasteiger partial charge in [0.15, 0.2) is 0 Å². The fourth-order valence-electron chi connectivity index (χ4n) is 0. The summed E-state index contributed by atoms with van der Waals surface area (Å²) >= 11 is 0. The molecule has 10 heavy (non-hydrogen) atoms. The van der Waals surface area contributed by atoms with Gasteiger partial charge in [-0.1, -0.05) is 0 Å². The minimum atomic E-state index is -5.17. The zero-order valence-corrected chi connectivity index (χ0v) is 6.91. The molecule has 0 aliphatic heterocycles. The molecule has 0 aromatic carbocycles. The maximum atomic E-state index is 8.89. The van der Waals surface area contributed by atoms with Gasteiger partial charge in [0, 0.05) is 16.4 Å². The Bertz CT molecular complexity index is 158. The quantitative estimate of drug-likeness (QED) is 0.224. The molecule has 0 rings (SSSR count). The Morgan fingerprint density at radius 2 is 1.30 bits per heavy atom. The van der Waals surface area contributed by atoms with Crippen LogP contribution in [0.2, 0.25) is 0 Å². The second-order valence-electron chi connectivity index (χ2n) is 0.900. The van der Waals surface area contributed by atoms with Gasteiger partial charge in [-0.15, -0.1) is 0 Å². The molecule has 0 fully saturated rings. The SMILES string of the molecule is CC(=O)[O-].O=S(=O)([O-])[O-].[Al+3]. The molecule has 6 nitrogen and oxygen atoms in total. The second-order valence-corrected chi connectivity index (χ2v) is 1.72. The molecule has 0 bridgehead atoms. The van der Waals surface area contributed by atoms with Crippen LogP contribution >= 0.6 is 0 Å². The monoisotopic (exact) mass is 182 g/mol. The largest absolute Gasteiger partial charge is 3.00 e. The molecule has 0 unspecified atom stereocenters. The molecular formula is C2H3AlO6S. The topological polar surface area (TPSA) is 120 Å². The predicted octanol–water partition coefficient (Wildman–Crippen LogP) is -2.96.